The number of hydrogen-bond donors (Lipinski definition) is 0. The van der Waals surface area contributed by atoms with Gasteiger partial charge in [0.15, 0.2) is 0 Å². The summed E-state index contributed by atoms with van der Waals surface area (Å²) >= 11 is 18.2. The average molecular weight is 634 g/mol. The standard InChI is InChI=1S/C24H33Cl3F2N4O5S/c25-18-13-20(26)23(21(27)14-18)39(35,36)33-2-1-24(28,29)15-19(33)16-38-17-22(34)32-7-5-30(6-8-32)3-4-31-9-11-37-12-10-31/h13-14,19H,1-12,15-17H2/t19-/m0/s1. The van der Waals surface area contributed by atoms with Gasteiger partial charge in [-0.2, -0.15) is 4.31 Å². The Balaban J connectivity index is 1.30. The highest BCUT2D eigenvalue weighted by molar-refractivity contribution is 7.89. The molecule has 0 radical (unpaired) electrons. The van der Waals surface area contributed by atoms with Gasteiger partial charge in [0, 0.05) is 76.8 Å². The first kappa shape index (κ1) is 31.1. The van der Waals surface area contributed by atoms with E-state index >= 15 is 0 Å². The second kappa shape index (κ2) is 13.4. The third kappa shape index (κ3) is 8.14. The van der Waals surface area contributed by atoms with E-state index in [1.54, 1.807) is 4.90 Å². The third-order valence-corrected chi connectivity index (χ3v) is 10.4. The Labute approximate surface area is 242 Å². The molecule has 1 atom stereocenters. The maximum atomic E-state index is 14.3. The van der Waals surface area contributed by atoms with E-state index in [0.717, 1.165) is 56.8 Å². The number of piperazine rings is 1. The molecule has 0 aliphatic carbocycles. The van der Waals surface area contributed by atoms with Crippen LogP contribution in [0.15, 0.2) is 17.0 Å². The first-order valence-electron chi connectivity index (χ1n) is 12.9. The van der Waals surface area contributed by atoms with Crippen molar-refractivity contribution in [2.45, 2.75) is 29.7 Å². The summed E-state index contributed by atoms with van der Waals surface area (Å²) in [5.41, 5.74) is 0. The fourth-order valence-corrected chi connectivity index (χ4v) is 8.16. The number of piperidine rings is 1. The van der Waals surface area contributed by atoms with Crippen LogP contribution >= 0.6 is 34.8 Å². The molecule has 0 saturated carbocycles. The molecule has 9 nitrogen and oxygen atoms in total. The molecular weight excluding hydrogens is 601 g/mol. The lowest BCUT2D eigenvalue weighted by Gasteiger charge is -2.38. The molecule has 3 heterocycles. The molecule has 3 aliphatic rings. The number of morpholine rings is 1. The van der Waals surface area contributed by atoms with Gasteiger partial charge in [0.05, 0.1) is 35.9 Å². The molecule has 0 bridgehead atoms. The fourth-order valence-electron chi connectivity index (χ4n) is 5.06. The van der Waals surface area contributed by atoms with Crippen molar-refractivity contribution in [3.63, 3.8) is 0 Å². The molecule has 3 aliphatic heterocycles. The Bertz CT molecular complexity index is 1100. The number of carbonyl (C=O) groups is 1. The van der Waals surface area contributed by atoms with Crippen LogP contribution in [-0.4, -0.2) is 131 Å². The SMILES string of the molecule is O=C(COC[C@@H]1CC(F)(F)CCN1S(=O)(=O)c1c(Cl)cc(Cl)cc1Cl)N1CCN(CCN2CCOCC2)CC1. The molecule has 39 heavy (non-hydrogen) atoms. The van der Waals surface area contributed by atoms with Crippen LogP contribution in [0.3, 0.4) is 0 Å². The number of hydrogen-bond acceptors (Lipinski definition) is 7. The normalized spacial score (nSPS) is 23.7. The molecule has 4 rings (SSSR count). The number of alkyl halides is 2. The highest BCUT2D eigenvalue weighted by Crippen LogP contribution is 2.39. The molecule has 1 aromatic carbocycles. The smallest absolute Gasteiger partial charge is 0.251 e. The van der Waals surface area contributed by atoms with Crippen LogP contribution in [0, 0.1) is 0 Å². The van der Waals surface area contributed by atoms with Crippen LogP contribution < -0.4 is 0 Å². The van der Waals surface area contributed by atoms with Crippen molar-refractivity contribution in [2.24, 2.45) is 0 Å². The molecule has 3 saturated heterocycles. The summed E-state index contributed by atoms with van der Waals surface area (Å²) in [7, 11) is -4.34. The summed E-state index contributed by atoms with van der Waals surface area (Å²) in [6.07, 6.45) is -1.40. The van der Waals surface area contributed by atoms with Crippen LogP contribution in [0.1, 0.15) is 12.8 Å². The molecule has 0 N–H and O–H groups in total. The van der Waals surface area contributed by atoms with Crippen molar-refractivity contribution < 1.29 is 31.5 Å². The van der Waals surface area contributed by atoms with Crippen molar-refractivity contribution in [1.82, 2.24) is 19.0 Å². The number of halogens is 5. The lowest BCUT2D eigenvalue weighted by atomic mass is 10.0. The van der Waals surface area contributed by atoms with Crippen molar-refractivity contribution in [3.8, 4) is 0 Å². The first-order chi connectivity index (χ1) is 18.5. The summed E-state index contributed by atoms with van der Waals surface area (Å²) in [4.78, 5) is 18.7. The van der Waals surface area contributed by atoms with E-state index in [2.05, 4.69) is 9.80 Å². The summed E-state index contributed by atoms with van der Waals surface area (Å²) in [6, 6.07) is 1.26. The number of ether oxygens (including phenoxy) is 2. The van der Waals surface area contributed by atoms with Gasteiger partial charge in [0.1, 0.15) is 11.5 Å². The first-order valence-corrected chi connectivity index (χ1v) is 15.5. The van der Waals surface area contributed by atoms with Crippen molar-refractivity contribution in [3.05, 3.63) is 27.2 Å². The van der Waals surface area contributed by atoms with Gasteiger partial charge >= 0.3 is 0 Å². The quantitative estimate of drug-likeness (QED) is 0.414. The van der Waals surface area contributed by atoms with Gasteiger partial charge in [-0.1, -0.05) is 34.8 Å². The van der Waals surface area contributed by atoms with Gasteiger partial charge in [-0.3, -0.25) is 14.6 Å². The molecule has 0 aromatic heterocycles. The molecule has 1 aromatic rings. The lowest BCUT2D eigenvalue weighted by molar-refractivity contribution is -0.139. The van der Waals surface area contributed by atoms with E-state index in [4.69, 9.17) is 44.3 Å². The van der Waals surface area contributed by atoms with Crippen LogP contribution in [-0.2, 0) is 24.3 Å². The Kier molecular flexibility index (Phi) is 10.7. The molecule has 0 unspecified atom stereocenters. The van der Waals surface area contributed by atoms with Gasteiger partial charge in [0.25, 0.3) is 5.92 Å². The highest BCUT2D eigenvalue weighted by atomic mass is 35.5. The Morgan fingerprint density at radius 1 is 0.974 bits per heavy atom. The fraction of sp³-hybridized carbons (Fsp3) is 0.708. The number of amides is 1. The van der Waals surface area contributed by atoms with Gasteiger partial charge in [0.2, 0.25) is 15.9 Å². The molecule has 0 spiro atoms. The highest BCUT2D eigenvalue weighted by Gasteiger charge is 2.46. The number of rotatable bonds is 9. The van der Waals surface area contributed by atoms with Crippen molar-refractivity contribution in [1.29, 1.82) is 0 Å². The average Bonchev–Trinajstić information content (AvgIpc) is 2.87. The monoisotopic (exact) mass is 632 g/mol. The van der Waals surface area contributed by atoms with E-state index < -0.39 is 46.3 Å². The van der Waals surface area contributed by atoms with Gasteiger partial charge in [-0.25, -0.2) is 17.2 Å². The van der Waals surface area contributed by atoms with Gasteiger partial charge in [-0.05, 0) is 12.1 Å². The van der Waals surface area contributed by atoms with Crippen LogP contribution in [0.4, 0.5) is 8.78 Å². The maximum absolute atomic E-state index is 14.3. The van der Waals surface area contributed by atoms with Gasteiger partial charge < -0.3 is 14.4 Å². The Morgan fingerprint density at radius 3 is 2.18 bits per heavy atom. The largest absolute Gasteiger partial charge is 0.379 e. The summed E-state index contributed by atoms with van der Waals surface area (Å²) in [6.45, 7) is 6.66. The van der Waals surface area contributed by atoms with E-state index in [1.165, 1.54) is 12.1 Å². The molecule has 1 amide bonds. The minimum atomic E-state index is -4.34. The Morgan fingerprint density at radius 2 is 1.56 bits per heavy atom. The number of nitrogens with zero attached hydrogens (tertiary/aromatic N) is 4. The number of carbonyl (C=O) groups excluding carboxylic acids is 1. The van der Waals surface area contributed by atoms with E-state index in [9.17, 15) is 22.0 Å². The second-order valence-electron chi connectivity index (χ2n) is 9.97. The third-order valence-electron chi connectivity index (χ3n) is 7.27. The number of sulfonamides is 1. The molecule has 3 fully saturated rings. The topological polar surface area (TPSA) is 82.6 Å². The van der Waals surface area contributed by atoms with E-state index in [1.807, 2.05) is 0 Å². The molecule has 220 valence electrons. The van der Waals surface area contributed by atoms with Gasteiger partial charge in [-0.15, -0.1) is 0 Å². The minimum Gasteiger partial charge on any atom is -0.379 e. The zero-order chi connectivity index (χ0) is 28.2. The number of benzene rings is 1. The van der Waals surface area contributed by atoms with Crippen LogP contribution in [0.25, 0.3) is 0 Å². The zero-order valence-electron chi connectivity index (χ0n) is 21.5. The van der Waals surface area contributed by atoms with E-state index in [0.29, 0.717) is 13.1 Å². The van der Waals surface area contributed by atoms with Crippen LogP contribution in [0.5, 0.6) is 0 Å². The molecular formula is C24H33Cl3F2N4O5S. The summed E-state index contributed by atoms with van der Waals surface area (Å²) in [5.74, 6) is -3.33. The second-order valence-corrected chi connectivity index (χ2v) is 13.0. The van der Waals surface area contributed by atoms with Crippen molar-refractivity contribution >= 4 is 50.7 Å². The van der Waals surface area contributed by atoms with E-state index in [-0.39, 0.29) is 34.2 Å². The van der Waals surface area contributed by atoms with Crippen LogP contribution in [0.2, 0.25) is 15.1 Å². The molecule has 15 heteroatoms. The van der Waals surface area contributed by atoms with Crippen molar-refractivity contribution in [2.75, 3.05) is 85.3 Å². The predicted octanol–water partition coefficient (Wildman–Crippen LogP) is 2.93. The summed E-state index contributed by atoms with van der Waals surface area (Å²) in [5, 5.41) is -0.266. The maximum Gasteiger partial charge on any atom is 0.251 e. The summed E-state index contributed by atoms with van der Waals surface area (Å²) < 4.78 is 67.2. The zero-order valence-corrected chi connectivity index (χ0v) is 24.6. The lowest BCUT2D eigenvalue weighted by Crippen LogP contribution is -2.53. The minimum absolute atomic E-state index is 0.144. The Hall–Kier alpha value is -0.830. The predicted molar refractivity (Wildman–Crippen MR) is 144 cm³/mol.